The molecule has 0 fully saturated rings. The summed E-state index contributed by atoms with van der Waals surface area (Å²) >= 11 is 0. The molecular formula is C19H27NO5. The minimum atomic E-state index is -0.572. The Labute approximate surface area is 148 Å². The Hall–Kier alpha value is -2.15. The minimum absolute atomic E-state index is 0.0335. The van der Waals surface area contributed by atoms with Crippen molar-refractivity contribution < 1.29 is 25.0 Å². The van der Waals surface area contributed by atoms with E-state index in [1.54, 1.807) is 24.5 Å². The van der Waals surface area contributed by atoms with E-state index in [9.17, 15) is 9.90 Å². The van der Waals surface area contributed by atoms with Crippen LogP contribution in [0.5, 0.6) is 5.75 Å². The third-order valence-corrected chi connectivity index (χ3v) is 3.76. The molecule has 0 radical (unpaired) electrons. The van der Waals surface area contributed by atoms with E-state index >= 15 is 0 Å². The number of hydroxylamine groups is 1. The quantitative estimate of drug-likeness (QED) is 0.225. The molecule has 0 saturated carbocycles. The highest BCUT2D eigenvalue weighted by atomic mass is 16.5. The van der Waals surface area contributed by atoms with E-state index in [1.807, 2.05) is 31.2 Å². The number of ether oxygens (including phenoxy) is 1. The maximum Gasteiger partial charge on any atom is 0.267 e. The first-order chi connectivity index (χ1) is 12.0. The summed E-state index contributed by atoms with van der Waals surface area (Å²) in [6.07, 6.45) is 6.03. The predicted octanol–water partition coefficient (Wildman–Crippen LogP) is 2.52. The van der Waals surface area contributed by atoms with Crippen molar-refractivity contribution in [3.8, 4) is 5.75 Å². The predicted molar refractivity (Wildman–Crippen MR) is 95.2 cm³/mol. The van der Waals surface area contributed by atoms with E-state index in [2.05, 4.69) is 0 Å². The van der Waals surface area contributed by atoms with E-state index in [4.69, 9.17) is 15.1 Å². The van der Waals surface area contributed by atoms with Gasteiger partial charge in [0.1, 0.15) is 12.4 Å². The van der Waals surface area contributed by atoms with E-state index < -0.39 is 12.0 Å². The van der Waals surface area contributed by atoms with Gasteiger partial charge >= 0.3 is 0 Å². The summed E-state index contributed by atoms with van der Waals surface area (Å²) in [5.41, 5.74) is 3.11. The second kappa shape index (κ2) is 11.4. The first-order valence-electron chi connectivity index (χ1n) is 8.28. The number of carbonyl (C=O) groups excluding carboxylic acids is 1. The van der Waals surface area contributed by atoms with Gasteiger partial charge in [0.05, 0.1) is 12.7 Å². The second-order valence-electron chi connectivity index (χ2n) is 5.91. The fourth-order valence-electron chi connectivity index (χ4n) is 2.33. The molecule has 0 saturated heterocycles. The van der Waals surface area contributed by atoms with Crippen molar-refractivity contribution in [2.24, 2.45) is 5.92 Å². The van der Waals surface area contributed by atoms with Gasteiger partial charge < -0.3 is 14.9 Å². The Morgan fingerprint density at radius 1 is 1.32 bits per heavy atom. The van der Waals surface area contributed by atoms with Gasteiger partial charge in [-0.1, -0.05) is 31.2 Å². The summed E-state index contributed by atoms with van der Waals surface area (Å²) in [5.74, 6) is 0.172. The molecule has 0 bridgehead atoms. The number of hydrogen-bond donors (Lipinski definition) is 4. The average molecular weight is 349 g/mol. The van der Waals surface area contributed by atoms with E-state index in [1.165, 1.54) is 6.08 Å². The molecule has 0 aliphatic heterocycles. The van der Waals surface area contributed by atoms with Gasteiger partial charge in [-0.25, -0.2) is 5.48 Å². The summed E-state index contributed by atoms with van der Waals surface area (Å²) < 4.78 is 5.30. The highest BCUT2D eigenvalue weighted by Gasteiger charge is 2.15. The lowest BCUT2D eigenvalue weighted by atomic mass is 9.93. The molecule has 0 unspecified atom stereocenters. The molecule has 0 spiro atoms. The lowest BCUT2D eigenvalue weighted by Crippen LogP contribution is -2.15. The lowest BCUT2D eigenvalue weighted by Gasteiger charge is -2.19. The van der Waals surface area contributed by atoms with E-state index in [0.717, 1.165) is 24.0 Å². The molecule has 0 aliphatic carbocycles. The normalized spacial score (nSPS) is 14.4. The van der Waals surface area contributed by atoms with Gasteiger partial charge in [-0.2, -0.15) is 0 Å². The molecule has 4 N–H and O–H groups in total. The van der Waals surface area contributed by atoms with Crippen LogP contribution in [0.2, 0.25) is 0 Å². The van der Waals surface area contributed by atoms with Crippen molar-refractivity contribution in [1.29, 1.82) is 0 Å². The van der Waals surface area contributed by atoms with Crippen molar-refractivity contribution in [3.05, 3.63) is 53.6 Å². The molecule has 25 heavy (non-hydrogen) atoms. The van der Waals surface area contributed by atoms with Crippen LogP contribution >= 0.6 is 0 Å². The van der Waals surface area contributed by atoms with Crippen molar-refractivity contribution >= 4 is 5.91 Å². The van der Waals surface area contributed by atoms with Crippen LogP contribution in [0.3, 0.4) is 0 Å². The van der Waals surface area contributed by atoms with Crippen molar-refractivity contribution in [3.63, 3.8) is 0 Å². The first-order valence-corrected chi connectivity index (χ1v) is 8.28. The van der Waals surface area contributed by atoms with Crippen LogP contribution in [-0.2, 0) is 4.79 Å². The number of aliphatic hydroxyl groups excluding tert-OH is 2. The Balaban J connectivity index is 2.47. The minimum Gasteiger partial charge on any atom is -0.491 e. The molecule has 2 atom stereocenters. The Morgan fingerprint density at radius 2 is 2.00 bits per heavy atom. The maximum atomic E-state index is 11.0. The standard InChI is InChI=1S/C19H27NO5/c1-14(13-18(22)20-24)5-3-4-6-15(2)19(23)16-7-9-17(10-8-16)25-12-11-21/h3,5,7-10,13,15,19,21,23-24H,4,6,11-12H2,1-2H3,(H,20,22)/b5-3+,14-13+/t15-,19+/m0/s1. The number of amides is 1. The molecule has 6 nitrogen and oxygen atoms in total. The summed E-state index contributed by atoms with van der Waals surface area (Å²) in [7, 11) is 0. The zero-order valence-corrected chi connectivity index (χ0v) is 14.7. The molecule has 1 aromatic rings. The van der Waals surface area contributed by atoms with Crippen LogP contribution in [0.25, 0.3) is 0 Å². The molecule has 0 aliphatic rings. The highest BCUT2D eigenvalue weighted by Crippen LogP contribution is 2.27. The smallest absolute Gasteiger partial charge is 0.267 e. The van der Waals surface area contributed by atoms with Crippen LogP contribution in [0, 0.1) is 5.92 Å². The Kier molecular flexibility index (Phi) is 9.54. The van der Waals surface area contributed by atoms with Gasteiger partial charge in [-0.05, 0) is 49.0 Å². The van der Waals surface area contributed by atoms with Crippen LogP contribution < -0.4 is 10.2 Å². The molecule has 0 aromatic heterocycles. The number of aliphatic hydroxyl groups is 2. The lowest BCUT2D eigenvalue weighted by molar-refractivity contribution is -0.124. The Bertz CT molecular complexity index is 580. The number of allylic oxidation sites excluding steroid dienone is 3. The van der Waals surface area contributed by atoms with Crippen LogP contribution in [0.15, 0.2) is 48.1 Å². The second-order valence-corrected chi connectivity index (χ2v) is 5.91. The topological polar surface area (TPSA) is 99.0 Å². The first kappa shape index (κ1) is 20.9. The summed E-state index contributed by atoms with van der Waals surface area (Å²) in [6, 6.07) is 7.20. The van der Waals surface area contributed by atoms with Crippen LogP contribution in [0.4, 0.5) is 0 Å². The number of nitrogens with one attached hydrogen (secondary N) is 1. The largest absolute Gasteiger partial charge is 0.491 e. The van der Waals surface area contributed by atoms with Crippen LogP contribution in [0.1, 0.15) is 38.4 Å². The molecule has 6 heteroatoms. The Morgan fingerprint density at radius 3 is 2.60 bits per heavy atom. The molecule has 1 rings (SSSR count). The van der Waals surface area contributed by atoms with Crippen LogP contribution in [-0.4, -0.2) is 34.5 Å². The molecule has 138 valence electrons. The zero-order chi connectivity index (χ0) is 18.7. The van der Waals surface area contributed by atoms with Gasteiger partial charge in [0.15, 0.2) is 0 Å². The third kappa shape index (κ3) is 7.98. The number of carbonyl (C=O) groups is 1. The maximum absolute atomic E-state index is 11.0. The summed E-state index contributed by atoms with van der Waals surface area (Å²) in [5, 5.41) is 27.6. The van der Waals surface area contributed by atoms with Crippen molar-refractivity contribution in [2.45, 2.75) is 32.8 Å². The third-order valence-electron chi connectivity index (χ3n) is 3.76. The zero-order valence-electron chi connectivity index (χ0n) is 14.7. The van der Waals surface area contributed by atoms with Gasteiger partial charge in [-0.15, -0.1) is 0 Å². The number of hydrogen-bond acceptors (Lipinski definition) is 5. The monoisotopic (exact) mass is 349 g/mol. The summed E-state index contributed by atoms with van der Waals surface area (Å²) in [4.78, 5) is 11.0. The molecule has 1 aromatic carbocycles. The number of rotatable bonds is 10. The molecular weight excluding hydrogens is 322 g/mol. The average Bonchev–Trinajstić information content (AvgIpc) is 2.63. The van der Waals surface area contributed by atoms with Gasteiger partial charge in [0, 0.05) is 6.08 Å². The fourth-order valence-corrected chi connectivity index (χ4v) is 2.33. The number of benzene rings is 1. The van der Waals surface area contributed by atoms with E-state index in [0.29, 0.717) is 5.75 Å². The van der Waals surface area contributed by atoms with Gasteiger partial charge in [0.2, 0.25) is 0 Å². The fraction of sp³-hybridized carbons (Fsp3) is 0.421. The summed E-state index contributed by atoms with van der Waals surface area (Å²) in [6.45, 7) is 3.97. The van der Waals surface area contributed by atoms with E-state index in [-0.39, 0.29) is 19.1 Å². The van der Waals surface area contributed by atoms with Gasteiger partial charge in [-0.3, -0.25) is 10.0 Å². The highest BCUT2D eigenvalue weighted by molar-refractivity contribution is 5.87. The molecule has 1 amide bonds. The molecule has 0 heterocycles. The van der Waals surface area contributed by atoms with Crippen molar-refractivity contribution in [1.82, 2.24) is 5.48 Å². The SMILES string of the molecule is CC(/C=C/CC[C@H](C)[C@@H](O)c1ccc(OCCO)cc1)=C\C(=O)NO. The van der Waals surface area contributed by atoms with Gasteiger partial charge in [0.25, 0.3) is 5.91 Å². The van der Waals surface area contributed by atoms with Crippen molar-refractivity contribution in [2.75, 3.05) is 13.2 Å².